The second kappa shape index (κ2) is 8.26. The minimum atomic E-state index is -3.82. The number of hydrogen-bond acceptors (Lipinski definition) is 5. The van der Waals surface area contributed by atoms with Gasteiger partial charge in [-0.2, -0.15) is 0 Å². The van der Waals surface area contributed by atoms with Crippen LogP contribution >= 0.6 is 11.6 Å². The van der Waals surface area contributed by atoms with Crippen molar-refractivity contribution < 1.29 is 13.2 Å². The molecule has 4 rings (SSSR count). The maximum Gasteiger partial charge on any atom is 0.261 e. The van der Waals surface area contributed by atoms with E-state index >= 15 is 0 Å². The maximum atomic E-state index is 13.1. The first-order valence-corrected chi connectivity index (χ1v) is 12.1. The van der Waals surface area contributed by atoms with Gasteiger partial charge in [0.2, 0.25) is 0 Å². The van der Waals surface area contributed by atoms with E-state index in [4.69, 9.17) is 16.3 Å². The number of benzene rings is 2. The first-order valence-electron chi connectivity index (χ1n) is 10.2. The van der Waals surface area contributed by atoms with E-state index in [0.717, 1.165) is 17.6 Å². The molecule has 0 fully saturated rings. The second-order valence-electron chi connectivity index (χ2n) is 8.74. The number of rotatable bonds is 5. The Hall–Kier alpha value is -2.84. The third kappa shape index (κ3) is 4.38. The van der Waals surface area contributed by atoms with Crippen molar-refractivity contribution in [2.75, 3.05) is 11.3 Å². The van der Waals surface area contributed by atoms with Crippen molar-refractivity contribution in [3.05, 3.63) is 65.1 Å². The lowest BCUT2D eigenvalue weighted by atomic mass is 9.87. The molecule has 0 radical (unpaired) electrons. The highest BCUT2D eigenvalue weighted by molar-refractivity contribution is 7.92. The monoisotopic (exact) mass is 472 g/mol. The zero-order valence-electron chi connectivity index (χ0n) is 18.4. The molecule has 0 aliphatic carbocycles. The molecule has 7 nitrogen and oxygen atoms in total. The van der Waals surface area contributed by atoms with Gasteiger partial charge in [0, 0.05) is 29.6 Å². The van der Waals surface area contributed by atoms with Gasteiger partial charge in [-0.3, -0.25) is 4.72 Å². The number of aromatic nitrogens is 3. The van der Waals surface area contributed by atoms with Crippen LogP contribution in [0.1, 0.15) is 38.6 Å². The van der Waals surface area contributed by atoms with E-state index in [1.165, 1.54) is 0 Å². The molecule has 0 atom stereocenters. The summed E-state index contributed by atoms with van der Waals surface area (Å²) in [5.41, 5.74) is 2.83. The van der Waals surface area contributed by atoms with Crippen molar-refractivity contribution in [1.29, 1.82) is 0 Å². The van der Waals surface area contributed by atoms with E-state index in [2.05, 4.69) is 35.7 Å². The summed E-state index contributed by atoms with van der Waals surface area (Å²) in [5.74, 6) is 1.17. The van der Waals surface area contributed by atoms with E-state index in [1.54, 1.807) is 36.6 Å². The number of sulfonamides is 1. The van der Waals surface area contributed by atoms with Gasteiger partial charge in [-0.05, 0) is 41.3 Å². The fourth-order valence-corrected chi connectivity index (χ4v) is 4.78. The van der Waals surface area contributed by atoms with Crippen LogP contribution in [0.25, 0.3) is 17.0 Å². The number of hydrogen-bond donors (Lipinski definition) is 1. The number of nitrogens with one attached hydrogen (secondary N) is 1. The molecule has 2 aromatic carbocycles. The normalized spacial score (nSPS) is 14.2. The Balaban J connectivity index is 1.70. The van der Waals surface area contributed by atoms with Gasteiger partial charge in [0.1, 0.15) is 0 Å². The van der Waals surface area contributed by atoms with Gasteiger partial charge in [-0.25, -0.2) is 8.42 Å². The summed E-state index contributed by atoms with van der Waals surface area (Å²) in [6.45, 7) is 6.85. The Morgan fingerprint density at radius 2 is 1.75 bits per heavy atom. The minimum absolute atomic E-state index is 0.0677. The Kier molecular flexibility index (Phi) is 5.77. The molecule has 1 aliphatic heterocycles. The van der Waals surface area contributed by atoms with Crippen molar-refractivity contribution in [2.45, 2.75) is 37.5 Å². The van der Waals surface area contributed by atoms with Gasteiger partial charge in [0.05, 0.1) is 23.5 Å². The van der Waals surface area contributed by atoms with Gasteiger partial charge in [-0.1, -0.05) is 44.5 Å². The molecule has 1 aromatic heterocycles. The first kappa shape index (κ1) is 22.4. The summed E-state index contributed by atoms with van der Waals surface area (Å²) in [4.78, 5) is 0.179. The fourth-order valence-electron chi connectivity index (χ4n) is 3.52. The number of anilines is 1. The largest absolute Gasteiger partial charge is 0.500 e. The average molecular weight is 473 g/mol. The molecule has 0 saturated carbocycles. The van der Waals surface area contributed by atoms with E-state index in [9.17, 15) is 8.42 Å². The third-order valence-corrected chi connectivity index (χ3v) is 6.99. The molecular formula is C23H25ClN4O3S. The third-order valence-electron chi connectivity index (χ3n) is 5.37. The first-order chi connectivity index (χ1) is 15.1. The lowest BCUT2D eigenvalue weighted by Gasteiger charge is -2.19. The zero-order chi connectivity index (χ0) is 23.1. The van der Waals surface area contributed by atoms with Gasteiger partial charge in [0.15, 0.2) is 11.6 Å². The van der Waals surface area contributed by atoms with Crippen LogP contribution in [-0.2, 0) is 27.2 Å². The van der Waals surface area contributed by atoms with Crippen LogP contribution in [-0.4, -0.2) is 29.8 Å². The number of nitrogens with zero attached hydrogens (tertiary/aromatic N) is 3. The van der Waals surface area contributed by atoms with Crippen molar-refractivity contribution in [1.82, 2.24) is 14.8 Å². The highest BCUT2D eigenvalue weighted by Gasteiger charge is 2.23. The molecule has 9 heteroatoms. The Labute approximate surface area is 193 Å². The van der Waals surface area contributed by atoms with Crippen molar-refractivity contribution in [3.8, 4) is 11.4 Å². The number of halogens is 1. The molecule has 32 heavy (non-hydrogen) atoms. The molecule has 0 spiro atoms. The van der Waals surface area contributed by atoms with E-state index < -0.39 is 10.0 Å². The summed E-state index contributed by atoms with van der Waals surface area (Å²) in [5, 5.41) is 9.04. The zero-order valence-corrected chi connectivity index (χ0v) is 20.0. The summed E-state index contributed by atoms with van der Waals surface area (Å²) in [7, 11) is -1.99. The summed E-state index contributed by atoms with van der Waals surface area (Å²) in [6, 6.07) is 11.8. The van der Waals surface area contributed by atoms with Crippen molar-refractivity contribution >= 4 is 32.9 Å². The second-order valence-corrected chi connectivity index (χ2v) is 10.9. The molecule has 0 bridgehead atoms. The number of ether oxygens (including phenoxy) is 1. The minimum Gasteiger partial charge on any atom is -0.500 e. The molecule has 168 valence electrons. The Bertz CT molecular complexity index is 1290. The van der Waals surface area contributed by atoms with Crippen LogP contribution in [0.5, 0.6) is 0 Å². The van der Waals surface area contributed by atoms with E-state index in [1.807, 2.05) is 23.7 Å². The molecule has 0 unspecified atom stereocenters. The fraction of sp³-hybridized carbons (Fsp3) is 0.304. The van der Waals surface area contributed by atoms with Crippen molar-refractivity contribution in [3.63, 3.8) is 0 Å². The predicted octanol–water partition coefficient (Wildman–Crippen LogP) is 5.00. The Morgan fingerprint density at radius 3 is 2.38 bits per heavy atom. The van der Waals surface area contributed by atoms with E-state index in [-0.39, 0.29) is 10.3 Å². The quantitative estimate of drug-likeness (QED) is 0.565. The topological polar surface area (TPSA) is 86.1 Å². The molecule has 3 aromatic rings. The Morgan fingerprint density at radius 1 is 1.06 bits per heavy atom. The summed E-state index contributed by atoms with van der Waals surface area (Å²) in [6.07, 6.45) is 2.42. The molecule has 2 heterocycles. The molecule has 0 amide bonds. The highest BCUT2D eigenvalue weighted by Crippen LogP contribution is 2.33. The highest BCUT2D eigenvalue weighted by atomic mass is 35.5. The average Bonchev–Trinajstić information content (AvgIpc) is 3.38. The maximum absolute atomic E-state index is 13.1. The molecule has 1 N–H and O–H groups in total. The molecule has 0 saturated heterocycles. The molecule has 1 aliphatic rings. The van der Waals surface area contributed by atoms with Crippen LogP contribution < -0.4 is 4.72 Å². The molecular weight excluding hydrogens is 448 g/mol. The van der Waals surface area contributed by atoms with Gasteiger partial charge in [0.25, 0.3) is 10.0 Å². The predicted molar refractivity (Wildman–Crippen MR) is 126 cm³/mol. The van der Waals surface area contributed by atoms with Crippen molar-refractivity contribution in [2.24, 2.45) is 7.05 Å². The van der Waals surface area contributed by atoms with Gasteiger partial charge in [-0.15, -0.1) is 10.2 Å². The SMILES string of the molecule is Cn1c(C2=COCC2)nnc1-c1cc(Cl)ccc1NS(=O)(=O)c1ccc(C(C)(C)C)cc1. The lowest BCUT2D eigenvalue weighted by Crippen LogP contribution is -2.15. The van der Waals surface area contributed by atoms with Gasteiger partial charge >= 0.3 is 0 Å². The smallest absolute Gasteiger partial charge is 0.261 e. The van der Waals surface area contributed by atoms with Crippen LogP contribution in [0, 0.1) is 0 Å². The van der Waals surface area contributed by atoms with Crippen LogP contribution in [0.2, 0.25) is 5.02 Å². The van der Waals surface area contributed by atoms with E-state index in [0.29, 0.717) is 34.5 Å². The standard InChI is InChI=1S/C23H25ClN4O3S/c1-23(2,3)16-5-8-18(9-6-16)32(29,30)27-20-10-7-17(24)13-19(20)22-26-25-21(28(22)4)15-11-12-31-14-15/h5-10,13-14,27H,11-12H2,1-4H3. The van der Waals surface area contributed by atoms with Crippen LogP contribution in [0.4, 0.5) is 5.69 Å². The van der Waals surface area contributed by atoms with Crippen LogP contribution in [0.15, 0.2) is 53.6 Å². The summed E-state index contributed by atoms with van der Waals surface area (Å²) < 4.78 is 36.0. The summed E-state index contributed by atoms with van der Waals surface area (Å²) >= 11 is 6.24. The van der Waals surface area contributed by atoms with Crippen LogP contribution in [0.3, 0.4) is 0 Å². The lowest BCUT2D eigenvalue weighted by molar-refractivity contribution is 0.281. The van der Waals surface area contributed by atoms with Gasteiger partial charge < -0.3 is 9.30 Å².